The molecule has 1 atom stereocenters. The highest BCUT2D eigenvalue weighted by Gasteiger charge is 2.10. The standard InChI is InChI=1S/C11H17NO2/c1-12(2)7-10(8-13)9-3-5-11(14)6-4-9/h3-6,10,13-14H,7-8H2,1-2H3. The van der Waals surface area contributed by atoms with Crippen LogP contribution in [0, 0.1) is 0 Å². The first kappa shape index (κ1) is 11.0. The van der Waals surface area contributed by atoms with Crippen LogP contribution in [0.2, 0.25) is 0 Å². The number of aliphatic hydroxyl groups is 1. The molecule has 0 amide bonds. The van der Waals surface area contributed by atoms with Gasteiger partial charge < -0.3 is 15.1 Å². The summed E-state index contributed by atoms with van der Waals surface area (Å²) in [5.41, 5.74) is 1.05. The predicted octanol–water partition coefficient (Wildman–Crippen LogP) is 1.03. The number of rotatable bonds is 4. The van der Waals surface area contributed by atoms with Crippen LogP contribution in [0.5, 0.6) is 5.75 Å². The lowest BCUT2D eigenvalue weighted by atomic mass is 9.99. The van der Waals surface area contributed by atoms with Gasteiger partial charge in [-0.05, 0) is 31.8 Å². The summed E-state index contributed by atoms with van der Waals surface area (Å²) in [6, 6.07) is 6.99. The Kier molecular flexibility index (Phi) is 3.92. The fourth-order valence-electron chi connectivity index (χ4n) is 1.46. The molecular formula is C11H17NO2. The van der Waals surface area contributed by atoms with Crippen LogP contribution >= 0.6 is 0 Å². The van der Waals surface area contributed by atoms with Crippen LogP contribution in [0.4, 0.5) is 0 Å². The van der Waals surface area contributed by atoms with E-state index in [1.807, 2.05) is 31.1 Å². The molecule has 0 aliphatic carbocycles. The second kappa shape index (κ2) is 4.98. The molecule has 0 bridgehead atoms. The first-order valence-electron chi connectivity index (χ1n) is 4.68. The molecule has 0 aliphatic rings. The van der Waals surface area contributed by atoms with Gasteiger partial charge in [-0.2, -0.15) is 0 Å². The van der Waals surface area contributed by atoms with Crippen LogP contribution in [0.25, 0.3) is 0 Å². The molecule has 78 valence electrons. The smallest absolute Gasteiger partial charge is 0.115 e. The molecule has 0 fully saturated rings. The van der Waals surface area contributed by atoms with E-state index in [-0.39, 0.29) is 18.3 Å². The van der Waals surface area contributed by atoms with E-state index in [4.69, 9.17) is 5.11 Å². The van der Waals surface area contributed by atoms with Gasteiger partial charge in [-0.25, -0.2) is 0 Å². The lowest BCUT2D eigenvalue weighted by Crippen LogP contribution is -2.22. The average molecular weight is 195 g/mol. The van der Waals surface area contributed by atoms with Gasteiger partial charge in [0.05, 0.1) is 6.61 Å². The van der Waals surface area contributed by atoms with Crippen LogP contribution in [-0.2, 0) is 0 Å². The van der Waals surface area contributed by atoms with E-state index in [0.29, 0.717) is 0 Å². The SMILES string of the molecule is CN(C)CC(CO)c1ccc(O)cc1. The Hall–Kier alpha value is -1.06. The van der Waals surface area contributed by atoms with E-state index in [1.165, 1.54) is 0 Å². The summed E-state index contributed by atoms with van der Waals surface area (Å²) < 4.78 is 0. The van der Waals surface area contributed by atoms with Crippen molar-refractivity contribution in [2.75, 3.05) is 27.2 Å². The zero-order valence-electron chi connectivity index (χ0n) is 8.64. The molecular weight excluding hydrogens is 178 g/mol. The lowest BCUT2D eigenvalue weighted by Gasteiger charge is -2.19. The minimum absolute atomic E-state index is 0.116. The normalized spacial score (nSPS) is 13.1. The topological polar surface area (TPSA) is 43.7 Å². The van der Waals surface area contributed by atoms with Crippen LogP contribution in [-0.4, -0.2) is 42.4 Å². The quantitative estimate of drug-likeness (QED) is 0.754. The maximum absolute atomic E-state index is 9.21. The molecule has 3 nitrogen and oxygen atoms in total. The number of benzene rings is 1. The summed E-state index contributed by atoms with van der Waals surface area (Å²) in [6.45, 7) is 0.935. The Morgan fingerprint density at radius 3 is 2.21 bits per heavy atom. The fourth-order valence-corrected chi connectivity index (χ4v) is 1.46. The third-order valence-electron chi connectivity index (χ3n) is 2.17. The van der Waals surface area contributed by atoms with Crippen molar-refractivity contribution in [2.45, 2.75) is 5.92 Å². The number of hydrogen-bond donors (Lipinski definition) is 2. The third-order valence-corrected chi connectivity index (χ3v) is 2.17. The molecule has 1 rings (SSSR count). The second-order valence-electron chi connectivity index (χ2n) is 3.73. The molecule has 14 heavy (non-hydrogen) atoms. The lowest BCUT2D eigenvalue weighted by molar-refractivity contribution is 0.235. The minimum atomic E-state index is 0.116. The number of hydrogen-bond acceptors (Lipinski definition) is 3. The predicted molar refractivity (Wildman–Crippen MR) is 56.5 cm³/mol. The molecule has 1 aromatic carbocycles. The van der Waals surface area contributed by atoms with Crippen LogP contribution in [0.3, 0.4) is 0 Å². The fraction of sp³-hybridized carbons (Fsp3) is 0.455. The van der Waals surface area contributed by atoms with E-state index in [2.05, 4.69) is 0 Å². The van der Waals surface area contributed by atoms with Crippen molar-refractivity contribution >= 4 is 0 Å². The highest BCUT2D eigenvalue weighted by atomic mass is 16.3. The Balaban J connectivity index is 2.73. The van der Waals surface area contributed by atoms with Gasteiger partial charge in [0.1, 0.15) is 5.75 Å². The van der Waals surface area contributed by atoms with Crippen molar-refractivity contribution < 1.29 is 10.2 Å². The van der Waals surface area contributed by atoms with E-state index >= 15 is 0 Å². The minimum Gasteiger partial charge on any atom is -0.508 e. The maximum Gasteiger partial charge on any atom is 0.115 e. The van der Waals surface area contributed by atoms with Crippen molar-refractivity contribution in [1.82, 2.24) is 4.90 Å². The number of likely N-dealkylation sites (N-methyl/N-ethyl adjacent to an activating group) is 1. The Morgan fingerprint density at radius 2 is 1.79 bits per heavy atom. The van der Waals surface area contributed by atoms with Gasteiger partial charge in [-0.15, -0.1) is 0 Å². The molecule has 0 saturated carbocycles. The first-order chi connectivity index (χ1) is 6.63. The van der Waals surface area contributed by atoms with E-state index in [1.54, 1.807) is 12.1 Å². The summed E-state index contributed by atoms with van der Waals surface area (Å²) in [7, 11) is 3.95. The van der Waals surface area contributed by atoms with Gasteiger partial charge in [0, 0.05) is 12.5 Å². The highest BCUT2D eigenvalue weighted by Crippen LogP contribution is 2.18. The molecule has 0 aromatic heterocycles. The summed E-state index contributed by atoms with van der Waals surface area (Å²) in [5, 5.41) is 18.3. The molecule has 0 radical (unpaired) electrons. The largest absolute Gasteiger partial charge is 0.508 e. The van der Waals surface area contributed by atoms with Gasteiger partial charge in [0.2, 0.25) is 0 Å². The zero-order chi connectivity index (χ0) is 10.6. The summed E-state index contributed by atoms with van der Waals surface area (Å²) in [6.07, 6.45) is 0. The first-order valence-corrected chi connectivity index (χ1v) is 4.68. The Labute approximate surface area is 84.6 Å². The van der Waals surface area contributed by atoms with Crippen molar-refractivity contribution in [2.24, 2.45) is 0 Å². The molecule has 1 unspecified atom stereocenters. The third kappa shape index (κ3) is 3.01. The van der Waals surface area contributed by atoms with E-state index in [0.717, 1.165) is 12.1 Å². The summed E-state index contributed by atoms with van der Waals surface area (Å²) in [5.74, 6) is 0.376. The van der Waals surface area contributed by atoms with Gasteiger partial charge in [-0.1, -0.05) is 12.1 Å². The van der Waals surface area contributed by atoms with Crippen LogP contribution in [0.15, 0.2) is 24.3 Å². The van der Waals surface area contributed by atoms with Crippen molar-refractivity contribution in [3.8, 4) is 5.75 Å². The van der Waals surface area contributed by atoms with Gasteiger partial charge >= 0.3 is 0 Å². The summed E-state index contributed by atoms with van der Waals surface area (Å²) in [4.78, 5) is 2.04. The van der Waals surface area contributed by atoms with Gasteiger partial charge in [-0.3, -0.25) is 0 Å². The highest BCUT2D eigenvalue weighted by molar-refractivity contribution is 5.28. The second-order valence-corrected chi connectivity index (χ2v) is 3.73. The molecule has 0 spiro atoms. The van der Waals surface area contributed by atoms with Crippen molar-refractivity contribution in [3.63, 3.8) is 0 Å². The van der Waals surface area contributed by atoms with Crippen LogP contribution in [0.1, 0.15) is 11.5 Å². The van der Waals surface area contributed by atoms with Crippen LogP contribution < -0.4 is 0 Å². The zero-order valence-corrected chi connectivity index (χ0v) is 8.64. The molecule has 0 aliphatic heterocycles. The van der Waals surface area contributed by atoms with Gasteiger partial charge in [0.25, 0.3) is 0 Å². The van der Waals surface area contributed by atoms with Gasteiger partial charge in [0.15, 0.2) is 0 Å². The molecule has 1 aromatic rings. The number of phenols is 1. The molecule has 0 heterocycles. The molecule has 3 heteroatoms. The maximum atomic E-state index is 9.21. The number of aromatic hydroxyl groups is 1. The summed E-state index contributed by atoms with van der Waals surface area (Å²) >= 11 is 0. The van der Waals surface area contributed by atoms with Crippen molar-refractivity contribution in [3.05, 3.63) is 29.8 Å². The van der Waals surface area contributed by atoms with Crippen molar-refractivity contribution in [1.29, 1.82) is 0 Å². The molecule has 0 saturated heterocycles. The monoisotopic (exact) mass is 195 g/mol. The number of nitrogens with zero attached hydrogens (tertiary/aromatic N) is 1. The molecule has 2 N–H and O–H groups in total. The average Bonchev–Trinajstić information content (AvgIpc) is 2.15. The Bertz CT molecular complexity index is 269. The van der Waals surface area contributed by atoms with E-state index in [9.17, 15) is 5.11 Å². The Morgan fingerprint density at radius 1 is 1.21 bits per heavy atom. The van der Waals surface area contributed by atoms with E-state index < -0.39 is 0 Å². The number of aliphatic hydroxyl groups excluding tert-OH is 1. The number of phenolic OH excluding ortho intramolecular Hbond substituents is 1.